The molecule has 0 amide bonds. The predicted molar refractivity (Wildman–Crippen MR) is 44.4 cm³/mol. The van der Waals surface area contributed by atoms with Gasteiger partial charge in [-0.1, -0.05) is 0 Å². The molecule has 1 aromatic rings. The molecule has 0 bridgehead atoms. The van der Waals surface area contributed by atoms with E-state index in [9.17, 15) is 4.79 Å². The third-order valence-electron chi connectivity index (χ3n) is 1.77. The zero-order valence-electron chi connectivity index (χ0n) is 6.79. The van der Waals surface area contributed by atoms with Crippen LogP contribution in [0.15, 0.2) is 10.9 Å². The first-order valence-electron chi connectivity index (χ1n) is 3.27. The van der Waals surface area contributed by atoms with Crippen molar-refractivity contribution in [3.8, 4) is 0 Å². The van der Waals surface area contributed by atoms with Gasteiger partial charge in [-0.05, 0) is 0 Å². The van der Waals surface area contributed by atoms with Crippen LogP contribution in [0, 0.1) is 10.4 Å². The van der Waals surface area contributed by atoms with Crippen molar-refractivity contribution in [1.82, 2.24) is 9.13 Å². The molecular formula is C7H10N2OTe. The summed E-state index contributed by atoms with van der Waals surface area (Å²) in [5.41, 5.74) is 1.05. The molecule has 0 atom stereocenters. The van der Waals surface area contributed by atoms with E-state index in [4.69, 9.17) is 0 Å². The van der Waals surface area contributed by atoms with Crippen molar-refractivity contribution in [2.75, 3.05) is 0 Å². The molecular weight excluding hydrogens is 256 g/mol. The van der Waals surface area contributed by atoms with E-state index in [2.05, 4.69) is 0 Å². The molecule has 11 heavy (non-hydrogen) atoms. The number of aryl methyl sites for hydroxylation is 1. The molecule has 0 aliphatic carbocycles. The van der Waals surface area contributed by atoms with E-state index in [1.807, 2.05) is 40.4 Å². The van der Waals surface area contributed by atoms with Gasteiger partial charge < -0.3 is 0 Å². The first-order valence-corrected chi connectivity index (χ1v) is 4.44. The molecule has 0 aromatic carbocycles. The average molecular weight is 266 g/mol. The Morgan fingerprint density at radius 3 is 2.45 bits per heavy atom. The molecule has 0 radical (unpaired) electrons. The second-order valence-electron chi connectivity index (χ2n) is 2.52. The number of hydrogen-bond acceptors (Lipinski definition) is 1. The summed E-state index contributed by atoms with van der Waals surface area (Å²) in [7, 11) is 3.73. The summed E-state index contributed by atoms with van der Waals surface area (Å²) in [6.45, 7) is 1.93. The standard InChI is InChI=1S/C7H10N2OTe/c1-5-4-6(10)9(3)7(11)8(5)2/h4H,1-3H3. The van der Waals surface area contributed by atoms with Crippen molar-refractivity contribution in [3.63, 3.8) is 0 Å². The minimum absolute atomic E-state index is 0.0563. The van der Waals surface area contributed by atoms with Gasteiger partial charge in [0.2, 0.25) is 0 Å². The first-order chi connectivity index (χ1) is 5.04. The molecule has 0 N–H and O–H groups in total. The van der Waals surface area contributed by atoms with E-state index in [1.165, 1.54) is 0 Å². The van der Waals surface area contributed by atoms with E-state index >= 15 is 0 Å². The Kier molecular flexibility index (Phi) is 2.36. The number of aromatic nitrogens is 2. The van der Waals surface area contributed by atoms with Crippen molar-refractivity contribution in [1.29, 1.82) is 0 Å². The van der Waals surface area contributed by atoms with Gasteiger partial charge in [-0.3, -0.25) is 0 Å². The van der Waals surface area contributed by atoms with Gasteiger partial charge in [-0.15, -0.1) is 0 Å². The molecule has 60 valence electrons. The summed E-state index contributed by atoms with van der Waals surface area (Å²) in [5, 5.41) is 0. The summed E-state index contributed by atoms with van der Waals surface area (Å²) in [6, 6.07) is 1.63. The molecule has 0 saturated heterocycles. The summed E-state index contributed by atoms with van der Waals surface area (Å²) in [4.78, 5) is 11.2. The molecule has 0 unspecified atom stereocenters. The van der Waals surface area contributed by atoms with Gasteiger partial charge in [-0.2, -0.15) is 0 Å². The maximum absolute atomic E-state index is 11.2. The van der Waals surface area contributed by atoms with Crippen LogP contribution in [-0.2, 0) is 14.1 Å². The SMILES string of the molecule is Cc1cc(=O)n(C)c(=[Te])n1C. The van der Waals surface area contributed by atoms with Crippen LogP contribution in [0.5, 0.6) is 0 Å². The van der Waals surface area contributed by atoms with Gasteiger partial charge in [0, 0.05) is 0 Å². The van der Waals surface area contributed by atoms with Gasteiger partial charge in [0.15, 0.2) is 0 Å². The molecule has 0 aliphatic rings. The van der Waals surface area contributed by atoms with E-state index in [0.29, 0.717) is 0 Å². The van der Waals surface area contributed by atoms with Gasteiger partial charge in [0.05, 0.1) is 0 Å². The Bertz CT molecular complexity index is 388. The summed E-state index contributed by atoms with van der Waals surface area (Å²) in [5.74, 6) is 0. The summed E-state index contributed by atoms with van der Waals surface area (Å²) < 4.78 is 4.61. The van der Waals surface area contributed by atoms with Crippen LogP contribution in [-0.4, -0.2) is 31.0 Å². The monoisotopic (exact) mass is 268 g/mol. The van der Waals surface area contributed by atoms with Gasteiger partial charge in [-0.25, -0.2) is 0 Å². The van der Waals surface area contributed by atoms with Gasteiger partial charge in [0.25, 0.3) is 0 Å². The van der Waals surface area contributed by atoms with Crippen LogP contribution in [0.1, 0.15) is 5.69 Å². The topological polar surface area (TPSA) is 26.9 Å². The Hall–Kier alpha value is -0.330. The van der Waals surface area contributed by atoms with Crippen molar-refractivity contribution in [3.05, 3.63) is 25.6 Å². The number of rotatable bonds is 0. The van der Waals surface area contributed by atoms with Crippen LogP contribution in [0.2, 0.25) is 0 Å². The van der Waals surface area contributed by atoms with Crippen LogP contribution >= 0.6 is 0 Å². The normalized spacial score (nSPS) is 10.1. The van der Waals surface area contributed by atoms with Crippen LogP contribution in [0.25, 0.3) is 0 Å². The molecule has 1 aromatic heterocycles. The van der Waals surface area contributed by atoms with Crippen molar-refractivity contribution in [2.45, 2.75) is 6.92 Å². The fourth-order valence-electron chi connectivity index (χ4n) is 0.842. The third-order valence-corrected chi connectivity index (χ3v) is 3.33. The number of nitrogens with zero attached hydrogens (tertiary/aromatic N) is 2. The van der Waals surface area contributed by atoms with Crippen molar-refractivity contribution in [2.24, 2.45) is 14.1 Å². The Balaban J connectivity index is 3.74. The fourth-order valence-corrected chi connectivity index (χ4v) is 1.51. The molecule has 0 spiro atoms. The van der Waals surface area contributed by atoms with E-state index in [0.717, 1.165) is 9.15 Å². The number of hydrogen-bond donors (Lipinski definition) is 0. The Morgan fingerprint density at radius 1 is 1.36 bits per heavy atom. The zero-order valence-corrected chi connectivity index (χ0v) is 9.12. The minimum atomic E-state index is 0.0563. The van der Waals surface area contributed by atoms with Crippen LogP contribution in [0.4, 0.5) is 0 Å². The van der Waals surface area contributed by atoms with Gasteiger partial charge >= 0.3 is 77.5 Å². The third kappa shape index (κ3) is 1.47. The van der Waals surface area contributed by atoms with Crippen molar-refractivity contribution >= 4 is 21.8 Å². The summed E-state index contributed by atoms with van der Waals surface area (Å²) in [6.07, 6.45) is 0. The molecule has 1 rings (SSSR count). The van der Waals surface area contributed by atoms with E-state index < -0.39 is 0 Å². The molecule has 4 heteroatoms. The maximum atomic E-state index is 11.2. The summed E-state index contributed by atoms with van der Waals surface area (Å²) >= 11 is 1.85. The first kappa shape index (κ1) is 8.76. The second-order valence-corrected chi connectivity index (χ2v) is 3.57. The fraction of sp³-hybridized carbons (Fsp3) is 0.429. The average Bonchev–Trinajstić information content (AvgIpc) is 1.97. The molecule has 0 fully saturated rings. The van der Waals surface area contributed by atoms with Crippen LogP contribution < -0.4 is 5.56 Å². The van der Waals surface area contributed by atoms with E-state index in [-0.39, 0.29) is 5.56 Å². The molecule has 0 aliphatic heterocycles. The quantitative estimate of drug-likeness (QED) is 0.594. The van der Waals surface area contributed by atoms with Gasteiger partial charge in [0.1, 0.15) is 0 Å². The Labute approximate surface area is 77.7 Å². The molecule has 0 saturated carbocycles. The van der Waals surface area contributed by atoms with E-state index in [1.54, 1.807) is 17.7 Å². The second kappa shape index (κ2) is 2.96. The van der Waals surface area contributed by atoms with Crippen molar-refractivity contribution < 1.29 is 0 Å². The molecule has 1 heterocycles. The molecule has 3 nitrogen and oxygen atoms in total. The Morgan fingerprint density at radius 2 is 1.91 bits per heavy atom. The van der Waals surface area contributed by atoms with Crippen LogP contribution in [0.3, 0.4) is 0 Å². The zero-order chi connectivity index (χ0) is 8.59. The predicted octanol–water partition coefficient (Wildman–Crippen LogP) is -0.267.